The third-order valence-electron chi connectivity index (χ3n) is 2.87. The summed E-state index contributed by atoms with van der Waals surface area (Å²) in [5.41, 5.74) is 6.80. The number of hydrogen-bond donors (Lipinski definition) is 2. The second-order valence-electron chi connectivity index (χ2n) is 5.65. The van der Waals surface area contributed by atoms with E-state index < -0.39 is 0 Å². The standard InChI is InChI=1S/C14H23FN2/c1-10(9-16)17-13(14(2,3)4)11-5-7-12(15)8-6-11/h5-8,10,13,17H,9,16H2,1-4H3. The van der Waals surface area contributed by atoms with E-state index in [9.17, 15) is 4.39 Å². The normalized spacial score (nSPS) is 15.6. The zero-order valence-corrected chi connectivity index (χ0v) is 11.1. The monoisotopic (exact) mass is 238 g/mol. The molecule has 17 heavy (non-hydrogen) atoms. The van der Waals surface area contributed by atoms with Gasteiger partial charge in [0, 0.05) is 18.6 Å². The van der Waals surface area contributed by atoms with E-state index >= 15 is 0 Å². The molecule has 1 aromatic carbocycles. The van der Waals surface area contributed by atoms with E-state index in [0.717, 1.165) is 5.56 Å². The van der Waals surface area contributed by atoms with Crippen molar-refractivity contribution in [1.82, 2.24) is 5.32 Å². The first kappa shape index (κ1) is 14.1. The van der Waals surface area contributed by atoms with Crippen LogP contribution in [0, 0.1) is 11.2 Å². The van der Waals surface area contributed by atoms with Crippen molar-refractivity contribution >= 4 is 0 Å². The molecular weight excluding hydrogens is 215 g/mol. The Morgan fingerprint density at radius 3 is 2.18 bits per heavy atom. The Hall–Kier alpha value is -0.930. The van der Waals surface area contributed by atoms with E-state index in [2.05, 4.69) is 33.0 Å². The topological polar surface area (TPSA) is 38.0 Å². The molecule has 1 rings (SSSR count). The molecule has 0 amide bonds. The fourth-order valence-corrected chi connectivity index (χ4v) is 1.85. The Bertz CT molecular complexity index is 340. The zero-order valence-electron chi connectivity index (χ0n) is 11.1. The molecule has 0 aliphatic heterocycles. The summed E-state index contributed by atoms with van der Waals surface area (Å²) in [4.78, 5) is 0. The van der Waals surface area contributed by atoms with Gasteiger partial charge in [-0.2, -0.15) is 0 Å². The van der Waals surface area contributed by atoms with E-state index in [-0.39, 0.29) is 23.3 Å². The third-order valence-corrected chi connectivity index (χ3v) is 2.87. The van der Waals surface area contributed by atoms with Crippen LogP contribution >= 0.6 is 0 Å². The molecule has 96 valence electrons. The minimum atomic E-state index is -0.201. The van der Waals surface area contributed by atoms with Crippen molar-refractivity contribution in [3.8, 4) is 0 Å². The molecule has 1 aromatic rings. The largest absolute Gasteiger partial charge is 0.329 e. The summed E-state index contributed by atoms with van der Waals surface area (Å²) in [5, 5.41) is 3.49. The van der Waals surface area contributed by atoms with Crippen LogP contribution in [0.25, 0.3) is 0 Å². The molecule has 0 aromatic heterocycles. The molecule has 0 saturated heterocycles. The maximum absolute atomic E-state index is 12.9. The average Bonchev–Trinajstić information content (AvgIpc) is 2.25. The van der Waals surface area contributed by atoms with Gasteiger partial charge in [0.15, 0.2) is 0 Å². The third kappa shape index (κ3) is 4.10. The molecular formula is C14H23FN2. The molecule has 2 atom stereocenters. The molecule has 0 spiro atoms. The van der Waals surface area contributed by atoms with E-state index in [0.29, 0.717) is 6.54 Å². The second kappa shape index (κ2) is 5.61. The second-order valence-corrected chi connectivity index (χ2v) is 5.65. The van der Waals surface area contributed by atoms with Gasteiger partial charge in [0.1, 0.15) is 5.82 Å². The molecule has 0 fully saturated rings. The highest BCUT2D eigenvalue weighted by Crippen LogP contribution is 2.33. The number of nitrogens with two attached hydrogens (primary N) is 1. The van der Waals surface area contributed by atoms with Gasteiger partial charge < -0.3 is 11.1 Å². The molecule has 2 unspecified atom stereocenters. The van der Waals surface area contributed by atoms with Crippen molar-refractivity contribution in [2.75, 3.05) is 6.54 Å². The molecule has 3 N–H and O–H groups in total. The van der Waals surface area contributed by atoms with Gasteiger partial charge in [0.2, 0.25) is 0 Å². The number of rotatable bonds is 4. The summed E-state index contributed by atoms with van der Waals surface area (Å²) < 4.78 is 12.9. The summed E-state index contributed by atoms with van der Waals surface area (Å²) in [6, 6.07) is 7.08. The maximum atomic E-state index is 12.9. The van der Waals surface area contributed by atoms with Crippen molar-refractivity contribution in [2.24, 2.45) is 11.1 Å². The van der Waals surface area contributed by atoms with Crippen LogP contribution in [-0.2, 0) is 0 Å². The molecule has 0 heterocycles. The Morgan fingerprint density at radius 2 is 1.76 bits per heavy atom. The highest BCUT2D eigenvalue weighted by atomic mass is 19.1. The van der Waals surface area contributed by atoms with E-state index in [4.69, 9.17) is 5.73 Å². The quantitative estimate of drug-likeness (QED) is 0.846. The lowest BCUT2D eigenvalue weighted by molar-refractivity contribution is 0.254. The first-order chi connectivity index (χ1) is 7.84. The Morgan fingerprint density at radius 1 is 1.24 bits per heavy atom. The number of hydrogen-bond acceptors (Lipinski definition) is 2. The van der Waals surface area contributed by atoms with E-state index in [1.54, 1.807) is 0 Å². The van der Waals surface area contributed by atoms with Gasteiger partial charge in [-0.25, -0.2) is 4.39 Å². The van der Waals surface area contributed by atoms with Gasteiger partial charge in [0.25, 0.3) is 0 Å². The lowest BCUT2D eigenvalue weighted by atomic mass is 9.82. The number of halogens is 1. The fraction of sp³-hybridized carbons (Fsp3) is 0.571. The molecule has 0 bridgehead atoms. The Balaban J connectivity index is 2.94. The fourth-order valence-electron chi connectivity index (χ4n) is 1.85. The SMILES string of the molecule is CC(CN)NC(c1ccc(F)cc1)C(C)(C)C. The lowest BCUT2D eigenvalue weighted by Gasteiger charge is -2.34. The van der Waals surface area contributed by atoms with Crippen molar-refractivity contribution in [2.45, 2.75) is 39.8 Å². The van der Waals surface area contributed by atoms with Crippen LogP contribution < -0.4 is 11.1 Å². The zero-order chi connectivity index (χ0) is 13.1. The minimum absolute atomic E-state index is 0.0568. The molecule has 0 aliphatic carbocycles. The average molecular weight is 238 g/mol. The molecule has 0 saturated carbocycles. The van der Waals surface area contributed by atoms with Crippen molar-refractivity contribution in [3.63, 3.8) is 0 Å². The smallest absolute Gasteiger partial charge is 0.123 e. The van der Waals surface area contributed by atoms with Crippen LogP contribution in [0.5, 0.6) is 0 Å². The van der Waals surface area contributed by atoms with Gasteiger partial charge in [0.05, 0.1) is 0 Å². The minimum Gasteiger partial charge on any atom is -0.329 e. The predicted octanol–water partition coefficient (Wildman–Crippen LogP) is 2.85. The van der Waals surface area contributed by atoms with Gasteiger partial charge in [-0.05, 0) is 30.0 Å². The molecule has 2 nitrogen and oxygen atoms in total. The van der Waals surface area contributed by atoms with Crippen LogP contribution in [0.4, 0.5) is 4.39 Å². The van der Waals surface area contributed by atoms with Crippen LogP contribution in [0.15, 0.2) is 24.3 Å². The first-order valence-electron chi connectivity index (χ1n) is 6.06. The van der Waals surface area contributed by atoms with Gasteiger partial charge in [-0.1, -0.05) is 32.9 Å². The summed E-state index contributed by atoms with van der Waals surface area (Å²) in [6.45, 7) is 9.14. The lowest BCUT2D eigenvalue weighted by Crippen LogP contribution is -2.41. The van der Waals surface area contributed by atoms with Crippen molar-refractivity contribution < 1.29 is 4.39 Å². The Kier molecular flexibility index (Phi) is 4.66. The summed E-state index contributed by atoms with van der Waals surface area (Å²) in [7, 11) is 0. The highest BCUT2D eigenvalue weighted by Gasteiger charge is 2.26. The van der Waals surface area contributed by atoms with Crippen LogP contribution in [-0.4, -0.2) is 12.6 Å². The molecule has 3 heteroatoms. The van der Waals surface area contributed by atoms with Crippen LogP contribution in [0.3, 0.4) is 0 Å². The molecule has 0 aliphatic rings. The van der Waals surface area contributed by atoms with Gasteiger partial charge >= 0.3 is 0 Å². The van der Waals surface area contributed by atoms with Crippen LogP contribution in [0.1, 0.15) is 39.3 Å². The van der Waals surface area contributed by atoms with Crippen molar-refractivity contribution in [3.05, 3.63) is 35.6 Å². The van der Waals surface area contributed by atoms with E-state index in [1.807, 2.05) is 12.1 Å². The molecule has 0 radical (unpaired) electrons. The maximum Gasteiger partial charge on any atom is 0.123 e. The summed E-state index contributed by atoms with van der Waals surface area (Å²) in [6.07, 6.45) is 0. The number of benzene rings is 1. The van der Waals surface area contributed by atoms with E-state index in [1.165, 1.54) is 12.1 Å². The first-order valence-corrected chi connectivity index (χ1v) is 6.06. The Labute approximate surface area is 103 Å². The summed E-state index contributed by atoms with van der Waals surface area (Å²) in [5.74, 6) is -0.201. The van der Waals surface area contributed by atoms with Crippen LogP contribution in [0.2, 0.25) is 0 Å². The predicted molar refractivity (Wildman–Crippen MR) is 70.2 cm³/mol. The highest BCUT2D eigenvalue weighted by molar-refractivity contribution is 5.21. The van der Waals surface area contributed by atoms with Gasteiger partial charge in [-0.3, -0.25) is 0 Å². The van der Waals surface area contributed by atoms with Crippen molar-refractivity contribution in [1.29, 1.82) is 0 Å². The summed E-state index contributed by atoms with van der Waals surface area (Å²) >= 11 is 0. The van der Waals surface area contributed by atoms with Gasteiger partial charge in [-0.15, -0.1) is 0 Å². The number of nitrogens with one attached hydrogen (secondary N) is 1.